The van der Waals surface area contributed by atoms with Gasteiger partial charge in [0.05, 0.1) is 0 Å². The van der Waals surface area contributed by atoms with Crippen molar-refractivity contribution in [2.45, 2.75) is 45.1 Å². The molecule has 1 aliphatic rings. The van der Waals surface area contributed by atoms with Crippen LogP contribution in [0, 0.1) is 5.92 Å². The smallest absolute Gasteiger partial charge is 0.323 e. The molecule has 0 aromatic carbocycles. The van der Waals surface area contributed by atoms with Gasteiger partial charge in [0, 0.05) is 13.1 Å². The van der Waals surface area contributed by atoms with Crippen molar-refractivity contribution < 1.29 is 14.7 Å². The molecule has 5 heteroatoms. The molecule has 1 aliphatic carbocycles. The van der Waals surface area contributed by atoms with Crippen LogP contribution in [0.15, 0.2) is 0 Å². The Kier molecular flexibility index (Phi) is 5.25. The number of aliphatic carboxylic acids is 1. The first-order valence-corrected chi connectivity index (χ1v) is 6.26. The zero-order valence-corrected chi connectivity index (χ0v) is 10.6. The van der Waals surface area contributed by atoms with E-state index in [1.54, 1.807) is 0 Å². The van der Waals surface area contributed by atoms with Crippen LogP contribution in [-0.4, -0.2) is 41.6 Å². The molecule has 2 N–H and O–H groups in total. The summed E-state index contributed by atoms with van der Waals surface area (Å²) in [6, 6.07) is -0.0751. The number of carbonyl (C=O) groups excluding carboxylic acids is 1. The lowest BCUT2D eigenvalue weighted by molar-refractivity contribution is -0.137. The first-order valence-electron chi connectivity index (χ1n) is 6.26. The normalized spacial score (nSPS) is 24.1. The number of carboxylic acid groups (broad SMARTS) is 1. The summed E-state index contributed by atoms with van der Waals surface area (Å²) in [6.45, 7) is 1.94. The minimum absolute atomic E-state index is 0.210. The molecule has 0 heterocycles. The third kappa shape index (κ3) is 4.63. The average Bonchev–Trinajstić information content (AvgIpc) is 2.29. The van der Waals surface area contributed by atoms with Crippen LogP contribution in [0.2, 0.25) is 0 Å². The number of nitrogens with one attached hydrogen (secondary N) is 1. The lowest BCUT2D eigenvalue weighted by Gasteiger charge is -2.29. The number of carboxylic acids is 1. The average molecular weight is 242 g/mol. The molecule has 0 spiro atoms. The lowest BCUT2D eigenvalue weighted by Crippen LogP contribution is -2.45. The summed E-state index contributed by atoms with van der Waals surface area (Å²) < 4.78 is 0. The Labute approximate surface area is 102 Å². The maximum absolute atomic E-state index is 11.6. The zero-order valence-electron chi connectivity index (χ0n) is 10.6. The van der Waals surface area contributed by atoms with Gasteiger partial charge in [0.25, 0.3) is 0 Å². The minimum atomic E-state index is -0.989. The van der Waals surface area contributed by atoms with Gasteiger partial charge in [-0.1, -0.05) is 13.3 Å². The fourth-order valence-corrected chi connectivity index (χ4v) is 2.27. The molecule has 0 bridgehead atoms. The summed E-state index contributed by atoms with van der Waals surface area (Å²) in [4.78, 5) is 23.3. The molecule has 0 aromatic rings. The van der Waals surface area contributed by atoms with E-state index in [0.717, 1.165) is 31.6 Å². The molecule has 1 rings (SSSR count). The van der Waals surface area contributed by atoms with Gasteiger partial charge < -0.3 is 15.3 Å². The second-order valence-corrected chi connectivity index (χ2v) is 4.83. The maximum atomic E-state index is 11.6. The van der Waals surface area contributed by atoms with Gasteiger partial charge in [0.2, 0.25) is 0 Å². The molecule has 98 valence electrons. The second kappa shape index (κ2) is 6.47. The second-order valence-electron chi connectivity index (χ2n) is 4.83. The third-order valence-electron chi connectivity index (χ3n) is 3.47. The molecule has 0 unspecified atom stereocenters. The highest BCUT2D eigenvalue weighted by atomic mass is 16.4. The number of hydrogen-bond donors (Lipinski definition) is 2. The van der Waals surface area contributed by atoms with E-state index >= 15 is 0 Å². The van der Waals surface area contributed by atoms with Crippen molar-refractivity contribution >= 4 is 12.0 Å². The van der Waals surface area contributed by atoms with Gasteiger partial charge in [-0.15, -0.1) is 0 Å². The number of urea groups is 1. The van der Waals surface area contributed by atoms with Crippen LogP contribution in [0.5, 0.6) is 0 Å². The van der Waals surface area contributed by atoms with Gasteiger partial charge in [-0.25, -0.2) is 4.79 Å². The van der Waals surface area contributed by atoms with Gasteiger partial charge in [-0.3, -0.25) is 4.79 Å². The van der Waals surface area contributed by atoms with Crippen molar-refractivity contribution in [3.05, 3.63) is 0 Å². The predicted octanol–water partition coefficient (Wildman–Crippen LogP) is 1.68. The number of amides is 2. The summed E-state index contributed by atoms with van der Waals surface area (Å²) in [7, 11) is 1.50. The molecule has 1 fully saturated rings. The fraction of sp³-hybridized carbons (Fsp3) is 0.833. The van der Waals surface area contributed by atoms with Crippen LogP contribution in [0.1, 0.15) is 39.0 Å². The van der Waals surface area contributed by atoms with Gasteiger partial charge in [0.15, 0.2) is 0 Å². The van der Waals surface area contributed by atoms with Gasteiger partial charge >= 0.3 is 12.0 Å². The number of hydrogen-bond acceptors (Lipinski definition) is 2. The van der Waals surface area contributed by atoms with E-state index < -0.39 is 5.97 Å². The Balaban J connectivity index is 2.30. The fourth-order valence-electron chi connectivity index (χ4n) is 2.27. The highest BCUT2D eigenvalue weighted by molar-refractivity contribution is 5.79. The quantitative estimate of drug-likeness (QED) is 0.788. The highest BCUT2D eigenvalue weighted by Crippen LogP contribution is 2.26. The third-order valence-corrected chi connectivity index (χ3v) is 3.47. The molecule has 17 heavy (non-hydrogen) atoms. The van der Waals surface area contributed by atoms with Crippen molar-refractivity contribution in [1.29, 1.82) is 0 Å². The maximum Gasteiger partial charge on any atom is 0.323 e. The number of nitrogens with zero attached hydrogens (tertiary/aromatic N) is 1. The molecule has 5 nitrogen and oxygen atoms in total. The van der Waals surface area contributed by atoms with Crippen molar-refractivity contribution in [3.8, 4) is 0 Å². The van der Waals surface area contributed by atoms with E-state index in [0.29, 0.717) is 0 Å². The van der Waals surface area contributed by atoms with Crippen molar-refractivity contribution in [2.75, 3.05) is 13.6 Å². The molecule has 1 saturated carbocycles. The number of carbonyl (C=O) groups is 2. The van der Waals surface area contributed by atoms with Crippen LogP contribution >= 0.6 is 0 Å². The topological polar surface area (TPSA) is 69.6 Å². The molecule has 2 amide bonds. The van der Waals surface area contributed by atoms with Crippen molar-refractivity contribution in [2.24, 2.45) is 5.92 Å². The predicted molar refractivity (Wildman–Crippen MR) is 64.8 cm³/mol. The van der Waals surface area contributed by atoms with Gasteiger partial charge in [-0.05, 0) is 31.6 Å². The Hall–Kier alpha value is -1.26. The zero-order chi connectivity index (χ0) is 12.8. The van der Waals surface area contributed by atoms with E-state index in [1.807, 2.05) is 0 Å². The first-order chi connectivity index (χ1) is 8.02. The summed E-state index contributed by atoms with van der Waals surface area (Å²) in [6.07, 6.45) is 5.53. The Morgan fingerprint density at radius 1 is 1.29 bits per heavy atom. The van der Waals surface area contributed by atoms with Gasteiger partial charge in [0.1, 0.15) is 6.54 Å². The van der Waals surface area contributed by atoms with E-state index in [1.165, 1.54) is 18.4 Å². The van der Waals surface area contributed by atoms with Crippen LogP contribution < -0.4 is 5.32 Å². The molecule has 0 saturated heterocycles. The van der Waals surface area contributed by atoms with Crippen molar-refractivity contribution in [1.82, 2.24) is 10.2 Å². The van der Waals surface area contributed by atoms with Crippen LogP contribution in [0.25, 0.3) is 0 Å². The summed E-state index contributed by atoms with van der Waals surface area (Å²) in [5, 5.41) is 11.5. The largest absolute Gasteiger partial charge is 0.480 e. The van der Waals surface area contributed by atoms with Crippen LogP contribution in [0.3, 0.4) is 0 Å². The molecule has 0 radical (unpaired) electrons. The van der Waals surface area contributed by atoms with E-state index in [4.69, 9.17) is 5.11 Å². The monoisotopic (exact) mass is 242 g/mol. The Morgan fingerprint density at radius 2 is 1.88 bits per heavy atom. The van der Waals surface area contributed by atoms with Crippen LogP contribution in [-0.2, 0) is 4.79 Å². The van der Waals surface area contributed by atoms with E-state index in [2.05, 4.69) is 12.2 Å². The lowest BCUT2D eigenvalue weighted by atomic mass is 9.84. The molecular formula is C12H22N2O3. The minimum Gasteiger partial charge on any atom is -0.480 e. The van der Waals surface area contributed by atoms with Crippen LogP contribution in [0.4, 0.5) is 4.79 Å². The Bertz CT molecular complexity index is 273. The Morgan fingerprint density at radius 3 is 2.35 bits per heavy atom. The summed E-state index contributed by atoms with van der Waals surface area (Å²) in [5.41, 5.74) is 0. The van der Waals surface area contributed by atoms with Crippen molar-refractivity contribution in [3.63, 3.8) is 0 Å². The molecule has 0 aliphatic heterocycles. The highest BCUT2D eigenvalue weighted by Gasteiger charge is 2.22. The standard InChI is InChI=1S/C12H22N2O3/c1-3-9-4-6-10(7-5-9)13-12(17)14(2)8-11(15)16/h9-10H,3-8H2,1-2H3,(H,13,17)(H,15,16). The first kappa shape index (κ1) is 13.8. The molecule has 0 atom stereocenters. The molecule has 0 aromatic heterocycles. The van der Waals surface area contributed by atoms with E-state index in [9.17, 15) is 9.59 Å². The summed E-state index contributed by atoms with van der Waals surface area (Å²) in [5.74, 6) is -0.197. The van der Waals surface area contributed by atoms with Gasteiger partial charge in [-0.2, -0.15) is 0 Å². The SMILES string of the molecule is CCC1CCC(NC(=O)N(C)CC(=O)O)CC1. The van der Waals surface area contributed by atoms with E-state index in [-0.39, 0.29) is 18.6 Å². The number of rotatable bonds is 4. The summed E-state index contributed by atoms with van der Waals surface area (Å²) >= 11 is 0. The molecular weight excluding hydrogens is 220 g/mol. The number of likely N-dealkylation sites (N-methyl/N-ethyl adjacent to an activating group) is 1.